The number of esters is 4. The van der Waals surface area contributed by atoms with Crippen LogP contribution in [0.3, 0.4) is 0 Å². The minimum Gasteiger partial charge on any atom is -0.428 e. The highest BCUT2D eigenvalue weighted by Crippen LogP contribution is 2.70. The number of hydrogen-bond acceptors (Lipinski definition) is 10. The molecule has 3 aromatic rings. The molecule has 8 aliphatic rings. The van der Waals surface area contributed by atoms with Gasteiger partial charge in [-0.3, -0.25) is 19.2 Å². The van der Waals surface area contributed by atoms with E-state index < -0.39 is 82.8 Å². The van der Waals surface area contributed by atoms with Gasteiger partial charge < -0.3 is 28.9 Å². The molecule has 12 heteroatoms. The third kappa shape index (κ3) is 4.68. The Morgan fingerprint density at radius 2 is 0.638 bits per heavy atom. The minimum atomic E-state index is -0.512. The van der Waals surface area contributed by atoms with Gasteiger partial charge in [-0.15, -0.1) is 0 Å². The largest absolute Gasteiger partial charge is 0.428 e. The third-order valence-electron chi connectivity index (χ3n) is 15.3. The van der Waals surface area contributed by atoms with Gasteiger partial charge in [0.2, 0.25) is 13.6 Å². The fraction of sp³-hybridized carbons (Fsp3) is 0.478. The van der Waals surface area contributed by atoms with Gasteiger partial charge in [-0.25, -0.2) is 9.97 Å². The quantitative estimate of drug-likeness (QED) is 0.149. The number of aromatic nitrogens is 4. The van der Waals surface area contributed by atoms with Gasteiger partial charge in [0.15, 0.2) is 0 Å². The molecule has 4 saturated carbocycles. The first kappa shape index (κ1) is 35.6. The molecule has 4 unspecified atom stereocenters. The van der Waals surface area contributed by atoms with Crippen molar-refractivity contribution in [3.05, 3.63) is 69.3 Å². The lowest BCUT2D eigenvalue weighted by Gasteiger charge is -2.09. The second-order valence-electron chi connectivity index (χ2n) is 19.9. The summed E-state index contributed by atoms with van der Waals surface area (Å²) >= 11 is 0. The van der Waals surface area contributed by atoms with Crippen LogP contribution in [0.1, 0.15) is 124 Å². The van der Waals surface area contributed by atoms with Crippen LogP contribution in [-0.4, -0.2) is 57.4 Å². The number of aromatic amines is 2. The van der Waals surface area contributed by atoms with E-state index in [1.165, 1.54) is 0 Å². The highest BCUT2D eigenvalue weighted by Gasteiger charge is 2.68. The molecule has 0 aromatic carbocycles. The molecule has 4 aliphatic carbocycles. The van der Waals surface area contributed by atoms with Crippen molar-refractivity contribution >= 4 is 70.2 Å². The second-order valence-corrected chi connectivity index (χ2v) is 19.9. The molecule has 0 radical (unpaired) electrons. The molecule has 58 heavy (non-hydrogen) atoms. The van der Waals surface area contributed by atoms with Crippen molar-refractivity contribution in [2.24, 2.45) is 45.3 Å². The van der Waals surface area contributed by atoms with Gasteiger partial charge in [0.1, 0.15) is 0 Å². The predicted octanol–water partition coefficient (Wildman–Crippen LogP) is 7.73. The molecule has 2 N–H and O–H groups in total. The van der Waals surface area contributed by atoms with Crippen LogP contribution in [0.2, 0.25) is 0 Å². The summed E-state index contributed by atoms with van der Waals surface area (Å²) in [7, 11) is 0. The molecule has 3 aromatic heterocycles. The summed E-state index contributed by atoms with van der Waals surface area (Å²) in [4.78, 5) is 73.2. The number of nitrogens with zero attached hydrogens (tertiary/aromatic N) is 2. The summed E-state index contributed by atoms with van der Waals surface area (Å²) in [5, 5.41) is 0. The van der Waals surface area contributed by atoms with Gasteiger partial charge in [-0.1, -0.05) is 55.4 Å². The van der Waals surface area contributed by atoms with E-state index in [-0.39, 0.29) is 23.7 Å². The number of fused-ring (bicyclic) bond motifs is 16. The maximum absolute atomic E-state index is 13.8. The molecule has 4 aliphatic heterocycles. The van der Waals surface area contributed by atoms with Crippen LogP contribution in [0, 0.1) is 45.3 Å². The third-order valence-corrected chi connectivity index (χ3v) is 15.3. The van der Waals surface area contributed by atoms with E-state index in [9.17, 15) is 19.2 Å². The minimum absolute atomic E-state index is 0.273. The summed E-state index contributed by atoms with van der Waals surface area (Å²) in [6, 6.07) is 8.11. The van der Waals surface area contributed by atoms with Crippen molar-refractivity contribution in [2.75, 3.05) is 13.6 Å². The van der Waals surface area contributed by atoms with E-state index in [4.69, 9.17) is 28.9 Å². The Hall–Kier alpha value is -5.52. The maximum Gasteiger partial charge on any atom is 0.313 e. The van der Waals surface area contributed by atoms with Crippen molar-refractivity contribution < 1.29 is 38.1 Å². The molecule has 11 rings (SSSR count). The van der Waals surface area contributed by atoms with Crippen LogP contribution in [0.4, 0.5) is 0 Å². The first-order valence-electron chi connectivity index (χ1n) is 20.3. The van der Waals surface area contributed by atoms with Crippen molar-refractivity contribution in [3.63, 3.8) is 0 Å². The summed E-state index contributed by atoms with van der Waals surface area (Å²) in [6.45, 7) is 15.5. The topological polar surface area (TPSA) is 163 Å². The van der Waals surface area contributed by atoms with E-state index in [1.807, 2.05) is 104 Å². The molecule has 0 spiro atoms. The van der Waals surface area contributed by atoms with Gasteiger partial charge >= 0.3 is 23.9 Å². The Bertz CT molecular complexity index is 2340. The molecule has 298 valence electrons. The van der Waals surface area contributed by atoms with Crippen molar-refractivity contribution in [2.45, 2.75) is 79.1 Å². The number of nitrogens with one attached hydrogen (secondary N) is 2. The van der Waals surface area contributed by atoms with E-state index in [0.717, 1.165) is 67.1 Å². The van der Waals surface area contributed by atoms with E-state index in [2.05, 4.69) is 9.97 Å². The van der Waals surface area contributed by atoms with Crippen LogP contribution in [0.25, 0.3) is 46.4 Å². The number of rotatable bonds is 0. The Balaban J connectivity index is 1.29. The summed E-state index contributed by atoms with van der Waals surface area (Å²) in [5.74, 6) is -4.84. The van der Waals surface area contributed by atoms with E-state index >= 15 is 0 Å². The van der Waals surface area contributed by atoms with Gasteiger partial charge in [-0.05, 0) is 70.2 Å². The zero-order valence-electron chi connectivity index (χ0n) is 33.8. The number of cyclic esters (lactones) is 4. The van der Waals surface area contributed by atoms with Gasteiger partial charge in [0.25, 0.3) is 0 Å². The SMILES string of the molecule is CC1(C)C2c3c4nc(c(c5ccc([nH]5)c5c6nc(c(c7ccc3[nH]7)C3[C@@H](C(=O)OCOC(=O)[C@@H]7C5C7(C)C)C3(C)C)C=C6)C3[C@@H](C(=O)OCOC(=O)[C@H]21)C3(C)C)C=C4. The van der Waals surface area contributed by atoms with Crippen LogP contribution in [0.5, 0.6) is 0 Å². The van der Waals surface area contributed by atoms with Crippen molar-refractivity contribution in [1.29, 1.82) is 0 Å². The Morgan fingerprint density at radius 3 is 0.862 bits per heavy atom. The van der Waals surface area contributed by atoms with Crippen LogP contribution >= 0.6 is 0 Å². The molecule has 4 fully saturated rings. The number of carbonyl (C=O) groups excluding carboxylic acids is 4. The average molecular weight is 783 g/mol. The monoisotopic (exact) mass is 782 g/mol. The number of H-pyrrole nitrogens is 2. The molecular weight excluding hydrogens is 737 g/mol. The molecule has 8 atom stereocenters. The molecule has 0 saturated heterocycles. The Kier molecular flexibility index (Phi) is 6.85. The Labute approximate surface area is 334 Å². The fourth-order valence-corrected chi connectivity index (χ4v) is 11.7. The summed E-state index contributed by atoms with van der Waals surface area (Å²) in [5.41, 5.74) is 7.62. The van der Waals surface area contributed by atoms with E-state index in [1.54, 1.807) is 0 Å². The highest BCUT2D eigenvalue weighted by molar-refractivity contribution is 5.91. The van der Waals surface area contributed by atoms with Crippen molar-refractivity contribution in [3.8, 4) is 0 Å². The number of carbonyl (C=O) groups is 4. The molecule has 12 nitrogen and oxygen atoms in total. The average Bonchev–Trinajstić information content (AvgIpc) is 3.78. The van der Waals surface area contributed by atoms with Crippen LogP contribution in [0.15, 0.2) is 24.3 Å². The molecule has 7 heterocycles. The zero-order chi connectivity index (χ0) is 40.6. The first-order valence-corrected chi connectivity index (χ1v) is 20.3. The first-order chi connectivity index (χ1) is 27.5. The standard InChI is InChI=1S/C46H46N4O8/c1-43(2)31-27-19-9-10-20(47-19)28(32-36(44(32,3)4)40(52)56-17-55-39(51)35(31)43)25-15-16-26(50-25)30-22-12-11-21(48-22)29(24-14-13-23(27)49-24)33-37(45(33,5)6)41(53)57-18-58-42(54)38-34(30)46(38,7)8/h9-16,31-38,49-50H,17-18H2,1-8H3/t31?,32?,33?,34?,35-,36-,37-,38-/m0/s1. The number of ether oxygens (including phenoxy) is 4. The van der Waals surface area contributed by atoms with Gasteiger partial charge in [-0.2, -0.15) is 0 Å². The van der Waals surface area contributed by atoms with Gasteiger partial charge in [0, 0.05) is 68.0 Å². The predicted molar refractivity (Wildman–Crippen MR) is 213 cm³/mol. The summed E-state index contributed by atoms with van der Waals surface area (Å²) in [6.07, 6.45) is 8.03. The maximum atomic E-state index is 13.8. The van der Waals surface area contributed by atoms with Crippen LogP contribution in [-0.2, 0) is 38.1 Å². The lowest BCUT2D eigenvalue weighted by Crippen LogP contribution is -2.18. The lowest BCUT2D eigenvalue weighted by molar-refractivity contribution is -0.171. The molecule has 0 amide bonds. The van der Waals surface area contributed by atoms with Crippen LogP contribution < -0.4 is 0 Å². The van der Waals surface area contributed by atoms with E-state index in [0.29, 0.717) is 0 Å². The zero-order valence-corrected chi connectivity index (χ0v) is 33.8. The normalized spacial score (nSPS) is 32.4. The summed E-state index contributed by atoms with van der Waals surface area (Å²) < 4.78 is 22.7. The fourth-order valence-electron chi connectivity index (χ4n) is 11.7. The van der Waals surface area contributed by atoms with Crippen molar-refractivity contribution in [1.82, 2.24) is 19.9 Å². The Morgan fingerprint density at radius 1 is 0.414 bits per heavy atom. The number of hydrogen-bond donors (Lipinski definition) is 2. The smallest absolute Gasteiger partial charge is 0.313 e. The molecule has 12 bridgehead atoms. The second kappa shape index (κ2) is 11.1. The molecular formula is C46H46N4O8. The highest BCUT2D eigenvalue weighted by atomic mass is 16.7. The van der Waals surface area contributed by atoms with Gasteiger partial charge in [0.05, 0.1) is 46.4 Å². The lowest BCUT2D eigenvalue weighted by atomic mass is 10.0.